The Kier molecular flexibility index (Phi) is 10.6. The van der Waals surface area contributed by atoms with Gasteiger partial charge < -0.3 is 15.0 Å². The van der Waals surface area contributed by atoms with Crippen LogP contribution in [0.2, 0.25) is 10.0 Å². The number of benzene rings is 3. The Hall–Kier alpha value is -3.27. The molecule has 0 aliphatic heterocycles. The van der Waals surface area contributed by atoms with Crippen molar-refractivity contribution in [3.05, 3.63) is 88.4 Å². The molecule has 39 heavy (non-hydrogen) atoms. The number of hydrogen-bond donors (Lipinski definition) is 1. The van der Waals surface area contributed by atoms with E-state index >= 15 is 0 Å². The largest absolute Gasteiger partial charge is 0.497 e. The van der Waals surface area contributed by atoms with Crippen molar-refractivity contribution in [1.29, 1.82) is 0 Å². The van der Waals surface area contributed by atoms with Gasteiger partial charge in [-0.15, -0.1) is 0 Å². The first-order valence-electron chi connectivity index (χ1n) is 12.3. The monoisotopic (exact) mass is 591 g/mol. The molecule has 8 nitrogen and oxygen atoms in total. The topological polar surface area (TPSA) is 96.0 Å². The zero-order valence-electron chi connectivity index (χ0n) is 21.9. The molecule has 0 spiro atoms. The third-order valence-electron chi connectivity index (χ3n) is 5.99. The first-order chi connectivity index (χ1) is 18.6. The van der Waals surface area contributed by atoms with Crippen LogP contribution in [-0.2, 0) is 26.2 Å². The summed E-state index contributed by atoms with van der Waals surface area (Å²) in [6.07, 6.45) is 0.723. The van der Waals surface area contributed by atoms with Gasteiger partial charge in [-0.3, -0.25) is 13.9 Å². The molecule has 3 aromatic rings. The molecule has 1 atom stereocenters. The zero-order chi connectivity index (χ0) is 28.6. The number of amides is 2. The maximum absolute atomic E-state index is 13.9. The van der Waals surface area contributed by atoms with Crippen LogP contribution in [0.5, 0.6) is 5.75 Å². The van der Waals surface area contributed by atoms with Crippen LogP contribution < -0.4 is 14.4 Å². The minimum Gasteiger partial charge on any atom is -0.497 e. The summed E-state index contributed by atoms with van der Waals surface area (Å²) in [5.41, 5.74) is 0.794. The third kappa shape index (κ3) is 7.65. The van der Waals surface area contributed by atoms with Crippen molar-refractivity contribution >= 4 is 50.7 Å². The molecule has 208 valence electrons. The molecule has 2 amide bonds. The highest BCUT2D eigenvalue weighted by atomic mass is 35.5. The highest BCUT2D eigenvalue weighted by Gasteiger charge is 2.33. The van der Waals surface area contributed by atoms with Crippen LogP contribution in [0.3, 0.4) is 0 Å². The number of methoxy groups -OCH3 is 1. The number of nitrogens with zero attached hydrogens (tertiary/aromatic N) is 2. The first kappa shape index (κ1) is 30.3. The summed E-state index contributed by atoms with van der Waals surface area (Å²) in [5.74, 6) is -0.359. The van der Waals surface area contributed by atoms with Gasteiger partial charge in [-0.2, -0.15) is 0 Å². The summed E-state index contributed by atoms with van der Waals surface area (Å²) in [5, 5.41) is 3.18. The van der Waals surface area contributed by atoms with Gasteiger partial charge in [0.1, 0.15) is 18.3 Å². The number of carbonyl (C=O) groups is 2. The van der Waals surface area contributed by atoms with Gasteiger partial charge in [-0.25, -0.2) is 8.42 Å². The summed E-state index contributed by atoms with van der Waals surface area (Å²) >= 11 is 12.5. The molecule has 3 aromatic carbocycles. The lowest BCUT2D eigenvalue weighted by Crippen LogP contribution is -2.51. The van der Waals surface area contributed by atoms with Gasteiger partial charge in [0.2, 0.25) is 11.8 Å². The molecule has 0 aliphatic rings. The Balaban J connectivity index is 2.05. The molecule has 0 radical (unpaired) electrons. The Bertz CT molecular complexity index is 1400. The number of ether oxygens (including phenoxy) is 1. The molecule has 0 fully saturated rings. The summed E-state index contributed by atoms with van der Waals surface area (Å²) in [6, 6.07) is 18.3. The molecule has 3 rings (SSSR count). The van der Waals surface area contributed by atoms with E-state index in [4.69, 9.17) is 27.9 Å². The molecular formula is C28H31Cl2N3O5S. The van der Waals surface area contributed by atoms with Crippen LogP contribution in [-0.4, -0.2) is 51.4 Å². The first-order valence-corrected chi connectivity index (χ1v) is 14.5. The van der Waals surface area contributed by atoms with Crippen molar-refractivity contribution in [1.82, 2.24) is 10.2 Å². The number of nitrogens with one attached hydrogen (secondary N) is 1. The zero-order valence-corrected chi connectivity index (χ0v) is 24.3. The van der Waals surface area contributed by atoms with Crippen LogP contribution in [0.4, 0.5) is 5.69 Å². The standard InChI is InChI=1S/C28H31Cl2N3O5S/c1-4-15-31-28(35)20(2)32(18-21-9-8-10-23(16-21)38-3)27(34)19-33(26-14-13-22(29)17-25(26)30)39(36,37)24-11-6-5-7-12-24/h5-14,16-17,20H,4,15,18-19H2,1-3H3,(H,31,35). The lowest BCUT2D eigenvalue weighted by Gasteiger charge is -2.32. The van der Waals surface area contributed by atoms with Gasteiger partial charge in [-0.05, 0) is 61.4 Å². The fourth-order valence-electron chi connectivity index (χ4n) is 3.86. The SMILES string of the molecule is CCCNC(=O)C(C)N(Cc1cccc(OC)c1)C(=O)CN(c1ccc(Cl)cc1Cl)S(=O)(=O)c1ccccc1. The molecule has 1 unspecified atom stereocenters. The predicted octanol–water partition coefficient (Wildman–Crippen LogP) is 5.14. The number of carbonyl (C=O) groups excluding carboxylic acids is 2. The van der Waals surface area contributed by atoms with Gasteiger partial charge in [-0.1, -0.05) is 60.5 Å². The van der Waals surface area contributed by atoms with Crippen LogP contribution in [0.15, 0.2) is 77.7 Å². The molecule has 0 saturated carbocycles. The van der Waals surface area contributed by atoms with Crippen molar-refractivity contribution in [2.75, 3.05) is 24.5 Å². The van der Waals surface area contributed by atoms with Crippen LogP contribution >= 0.6 is 23.2 Å². The molecule has 0 heterocycles. The summed E-state index contributed by atoms with van der Waals surface area (Å²) in [4.78, 5) is 28.2. The van der Waals surface area contributed by atoms with Crippen LogP contribution in [0.25, 0.3) is 0 Å². The van der Waals surface area contributed by atoms with E-state index in [-0.39, 0.29) is 28.1 Å². The second kappa shape index (κ2) is 13.7. The molecule has 0 aliphatic carbocycles. The van der Waals surface area contributed by atoms with E-state index < -0.39 is 28.5 Å². The maximum Gasteiger partial charge on any atom is 0.264 e. The van der Waals surface area contributed by atoms with E-state index in [0.29, 0.717) is 22.9 Å². The summed E-state index contributed by atoms with van der Waals surface area (Å²) in [6.45, 7) is 3.41. The summed E-state index contributed by atoms with van der Waals surface area (Å²) < 4.78 is 33.8. The maximum atomic E-state index is 13.9. The van der Waals surface area contributed by atoms with Crippen molar-refractivity contribution in [3.8, 4) is 5.75 Å². The normalized spacial score (nSPS) is 11.9. The molecule has 11 heteroatoms. The predicted molar refractivity (Wildman–Crippen MR) is 154 cm³/mol. The number of hydrogen-bond acceptors (Lipinski definition) is 5. The molecule has 0 saturated heterocycles. The number of sulfonamides is 1. The second-order valence-corrected chi connectivity index (χ2v) is 11.5. The minimum atomic E-state index is -4.22. The van der Waals surface area contributed by atoms with Gasteiger partial charge in [0, 0.05) is 18.1 Å². The molecular weight excluding hydrogens is 561 g/mol. The average molecular weight is 593 g/mol. The summed E-state index contributed by atoms with van der Waals surface area (Å²) in [7, 11) is -2.69. The Morgan fingerprint density at radius 2 is 1.72 bits per heavy atom. The molecule has 1 N–H and O–H groups in total. The van der Waals surface area contributed by atoms with Gasteiger partial charge in [0.05, 0.1) is 22.7 Å². The number of rotatable bonds is 12. The van der Waals surface area contributed by atoms with E-state index in [1.807, 2.05) is 6.92 Å². The van der Waals surface area contributed by atoms with Crippen LogP contribution in [0, 0.1) is 0 Å². The van der Waals surface area contributed by atoms with E-state index in [1.165, 1.54) is 42.3 Å². The lowest BCUT2D eigenvalue weighted by molar-refractivity contribution is -0.139. The van der Waals surface area contributed by atoms with Crippen molar-refractivity contribution in [2.45, 2.75) is 37.8 Å². The van der Waals surface area contributed by atoms with E-state index in [9.17, 15) is 18.0 Å². The van der Waals surface area contributed by atoms with Crippen LogP contribution in [0.1, 0.15) is 25.8 Å². The second-order valence-electron chi connectivity index (χ2n) is 8.76. The number of halogens is 2. The fourth-order valence-corrected chi connectivity index (χ4v) is 5.88. The lowest BCUT2D eigenvalue weighted by atomic mass is 10.1. The highest BCUT2D eigenvalue weighted by molar-refractivity contribution is 7.92. The molecule has 0 aromatic heterocycles. The van der Waals surface area contributed by atoms with Crippen molar-refractivity contribution < 1.29 is 22.7 Å². The molecule has 0 bridgehead atoms. The Morgan fingerprint density at radius 3 is 2.36 bits per heavy atom. The Labute approximate surface area is 239 Å². The Morgan fingerprint density at radius 1 is 1.00 bits per heavy atom. The third-order valence-corrected chi connectivity index (χ3v) is 8.30. The van der Waals surface area contributed by atoms with Gasteiger partial charge in [0.15, 0.2) is 0 Å². The average Bonchev–Trinajstić information content (AvgIpc) is 2.93. The van der Waals surface area contributed by atoms with Gasteiger partial charge >= 0.3 is 0 Å². The quantitative estimate of drug-likeness (QED) is 0.314. The van der Waals surface area contributed by atoms with Crippen molar-refractivity contribution in [2.24, 2.45) is 0 Å². The van der Waals surface area contributed by atoms with E-state index in [0.717, 1.165) is 10.7 Å². The fraction of sp³-hybridized carbons (Fsp3) is 0.286. The van der Waals surface area contributed by atoms with Crippen molar-refractivity contribution in [3.63, 3.8) is 0 Å². The van der Waals surface area contributed by atoms with Gasteiger partial charge in [0.25, 0.3) is 10.0 Å². The van der Waals surface area contributed by atoms with E-state index in [1.54, 1.807) is 49.4 Å². The number of anilines is 1. The minimum absolute atomic E-state index is 0.0168. The smallest absolute Gasteiger partial charge is 0.264 e. The highest BCUT2D eigenvalue weighted by Crippen LogP contribution is 2.33. The van der Waals surface area contributed by atoms with E-state index in [2.05, 4.69) is 5.32 Å².